The number of nitriles is 1. The molecule has 3 nitrogen and oxygen atoms in total. The Bertz CT molecular complexity index is 547. The normalized spacial score (nSPS) is 10.1. The second-order valence-electron chi connectivity index (χ2n) is 2.63. The van der Waals surface area contributed by atoms with Gasteiger partial charge in [0.1, 0.15) is 17.0 Å². The third kappa shape index (κ3) is 1.38. The Labute approximate surface area is 83.8 Å². The molecule has 0 aliphatic rings. The molecule has 0 N–H and O–H groups in total. The van der Waals surface area contributed by atoms with Gasteiger partial charge in [-0.15, -0.1) is 0 Å². The lowest BCUT2D eigenvalue weighted by molar-refractivity contribution is 0.625. The van der Waals surface area contributed by atoms with E-state index in [9.17, 15) is 4.39 Å². The van der Waals surface area contributed by atoms with Crippen LogP contribution in [0.3, 0.4) is 0 Å². The molecule has 0 aliphatic carbocycles. The summed E-state index contributed by atoms with van der Waals surface area (Å²) >= 11 is 5.58. The maximum absolute atomic E-state index is 13.1. The first-order chi connectivity index (χ1) is 6.70. The average Bonchev–Trinajstić information content (AvgIpc) is 2.16. The molecule has 0 amide bonds. The largest absolute Gasteiger partial charge is 0.251 e. The van der Waals surface area contributed by atoms with Gasteiger partial charge in [0.15, 0.2) is 0 Å². The number of benzene rings is 1. The number of aromatic nitrogens is 2. The van der Waals surface area contributed by atoms with Crippen molar-refractivity contribution < 1.29 is 4.39 Å². The minimum atomic E-state index is -0.614. The lowest BCUT2D eigenvalue weighted by Gasteiger charge is -1.98. The van der Waals surface area contributed by atoms with Crippen LogP contribution in [0.15, 0.2) is 18.3 Å². The van der Waals surface area contributed by atoms with Gasteiger partial charge in [-0.25, -0.2) is 9.37 Å². The molecular weight excluding hydrogens is 205 g/mol. The van der Waals surface area contributed by atoms with Crippen LogP contribution in [0, 0.1) is 17.1 Å². The number of halogens is 2. The fraction of sp³-hybridized carbons (Fsp3) is 0. The van der Waals surface area contributed by atoms with Crippen molar-refractivity contribution in [2.75, 3.05) is 0 Å². The minimum Gasteiger partial charge on any atom is -0.251 e. The van der Waals surface area contributed by atoms with Crippen LogP contribution in [0.1, 0.15) is 5.56 Å². The minimum absolute atomic E-state index is 0.0471. The molecule has 2 rings (SSSR count). The summed E-state index contributed by atoms with van der Waals surface area (Å²) in [6.45, 7) is 0. The molecule has 2 aromatic rings. The van der Waals surface area contributed by atoms with Crippen LogP contribution in [0.4, 0.5) is 4.39 Å². The fourth-order valence-corrected chi connectivity index (χ4v) is 1.24. The standard InChI is InChI=1S/C9H3ClFN3/c10-9-4-13-7-1-5(3-12)6(11)2-8(7)14-9/h1-2,4H. The van der Waals surface area contributed by atoms with Gasteiger partial charge in [-0.1, -0.05) is 11.6 Å². The maximum Gasteiger partial charge on any atom is 0.148 e. The fourth-order valence-electron chi connectivity index (χ4n) is 1.10. The highest BCUT2D eigenvalue weighted by molar-refractivity contribution is 6.29. The molecule has 5 heteroatoms. The lowest BCUT2D eigenvalue weighted by atomic mass is 10.2. The molecule has 1 aromatic heterocycles. The van der Waals surface area contributed by atoms with Crippen molar-refractivity contribution in [3.8, 4) is 6.07 Å². The van der Waals surface area contributed by atoms with Crippen LogP contribution in [0.5, 0.6) is 0 Å². The van der Waals surface area contributed by atoms with Crippen LogP contribution in [-0.4, -0.2) is 9.97 Å². The van der Waals surface area contributed by atoms with Crippen molar-refractivity contribution in [2.24, 2.45) is 0 Å². The molecular formula is C9H3ClFN3. The summed E-state index contributed by atoms with van der Waals surface area (Å²) in [4.78, 5) is 7.78. The first-order valence-corrected chi connectivity index (χ1v) is 4.10. The average molecular weight is 208 g/mol. The van der Waals surface area contributed by atoms with E-state index in [1.54, 1.807) is 6.07 Å². The van der Waals surface area contributed by atoms with Gasteiger partial charge in [-0.3, -0.25) is 4.98 Å². The zero-order chi connectivity index (χ0) is 10.1. The Kier molecular flexibility index (Phi) is 2.02. The first-order valence-electron chi connectivity index (χ1n) is 3.72. The van der Waals surface area contributed by atoms with Gasteiger partial charge in [0, 0.05) is 6.07 Å². The van der Waals surface area contributed by atoms with E-state index < -0.39 is 5.82 Å². The Hall–Kier alpha value is -1.73. The summed E-state index contributed by atoms with van der Waals surface area (Å²) in [6, 6.07) is 4.21. The van der Waals surface area contributed by atoms with Crippen LogP contribution in [0.25, 0.3) is 11.0 Å². The molecule has 1 heterocycles. The Morgan fingerprint density at radius 1 is 1.36 bits per heavy atom. The highest BCUT2D eigenvalue weighted by Crippen LogP contribution is 2.16. The smallest absolute Gasteiger partial charge is 0.148 e. The van der Waals surface area contributed by atoms with Crippen molar-refractivity contribution in [3.05, 3.63) is 34.9 Å². The van der Waals surface area contributed by atoms with Gasteiger partial charge in [0.25, 0.3) is 0 Å². The summed E-state index contributed by atoms with van der Waals surface area (Å²) in [5, 5.41) is 8.76. The lowest BCUT2D eigenvalue weighted by Crippen LogP contribution is -1.89. The van der Waals surface area contributed by atoms with Crippen LogP contribution in [0.2, 0.25) is 5.15 Å². The topological polar surface area (TPSA) is 49.6 Å². The summed E-state index contributed by atoms with van der Waals surface area (Å²) in [7, 11) is 0. The van der Waals surface area contributed by atoms with E-state index >= 15 is 0 Å². The van der Waals surface area contributed by atoms with Gasteiger partial charge in [0.05, 0.1) is 22.8 Å². The Morgan fingerprint density at radius 3 is 2.86 bits per heavy atom. The van der Waals surface area contributed by atoms with Crippen molar-refractivity contribution in [1.82, 2.24) is 9.97 Å². The van der Waals surface area contributed by atoms with E-state index in [2.05, 4.69) is 9.97 Å². The Balaban J connectivity index is 2.81. The molecule has 14 heavy (non-hydrogen) atoms. The van der Waals surface area contributed by atoms with E-state index in [4.69, 9.17) is 16.9 Å². The van der Waals surface area contributed by atoms with Gasteiger partial charge >= 0.3 is 0 Å². The van der Waals surface area contributed by atoms with E-state index in [-0.39, 0.29) is 10.7 Å². The van der Waals surface area contributed by atoms with Crippen LogP contribution >= 0.6 is 11.6 Å². The SMILES string of the molecule is N#Cc1cc2ncc(Cl)nc2cc1F. The monoisotopic (exact) mass is 207 g/mol. The van der Waals surface area contributed by atoms with Crippen LogP contribution in [-0.2, 0) is 0 Å². The van der Waals surface area contributed by atoms with E-state index in [0.29, 0.717) is 11.0 Å². The molecule has 0 unspecified atom stereocenters. The van der Waals surface area contributed by atoms with Crippen molar-refractivity contribution in [2.45, 2.75) is 0 Å². The zero-order valence-electron chi connectivity index (χ0n) is 6.83. The zero-order valence-corrected chi connectivity index (χ0v) is 7.59. The van der Waals surface area contributed by atoms with Crippen molar-refractivity contribution in [1.29, 1.82) is 5.26 Å². The molecule has 0 spiro atoms. The summed E-state index contributed by atoms with van der Waals surface area (Å²) < 4.78 is 13.1. The predicted octanol–water partition coefficient (Wildman–Crippen LogP) is 2.29. The Morgan fingerprint density at radius 2 is 2.14 bits per heavy atom. The number of fused-ring (bicyclic) bond motifs is 1. The molecule has 68 valence electrons. The summed E-state index contributed by atoms with van der Waals surface area (Å²) in [5.74, 6) is -0.614. The molecule has 0 fully saturated rings. The quantitative estimate of drug-likeness (QED) is 0.666. The number of hydrogen-bond donors (Lipinski definition) is 0. The number of hydrogen-bond acceptors (Lipinski definition) is 3. The predicted molar refractivity (Wildman–Crippen MR) is 49.2 cm³/mol. The first kappa shape index (κ1) is 8.85. The van der Waals surface area contributed by atoms with E-state index in [1.165, 1.54) is 12.3 Å². The maximum atomic E-state index is 13.1. The number of rotatable bonds is 0. The third-order valence-electron chi connectivity index (χ3n) is 1.72. The molecule has 0 radical (unpaired) electrons. The second-order valence-corrected chi connectivity index (χ2v) is 3.01. The molecule has 1 aromatic carbocycles. The molecule has 0 bridgehead atoms. The van der Waals surface area contributed by atoms with Gasteiger partial charge < -0.3 is 0 Å². The second kappa shape index (κ2) is 3.20. The highest BCUT2D eigenvalue weighted by atomic mass is 35.5. The third-order valence-corrected chi connectivity index (χ3v) is 1.90. The molecule has 0 saturated carbocycles. The van der Waals surface area contributed by atoms with Gasteiger partial charge in [-0.05, 0) is 6.07 Å². The summed E-state index contributed by atoms with van der Waals surface area (Å²) in [5.41, 5.74) is 0.746. The molecule has 0 saturated heterocycles. The van der Waals surface area contributed by atoms with Crippen molar-refractivity contribution in [3.63, 3.8) is 0 Å². The van der Waals surface area contributed by atoms with E-state index in [1.807, 2.05) is 0 Å². The van der Waals surface area contributed by atoms with E-state index in [0.717, 1.165) is 6.07 Å². The van der Waals surface area contributed by atoms with Gasteiger partial charge in [-0.2, -0.15) is 5.26 Å². The van der Waals surface area contributed by atoms with Gasteiger partial charge in [0.2, 0.25) is 0 Å². The van der Waals surface area contributed by atoms with Crippen molar-refractivity contribution >= 4 is 22.6 Å². The highest BCUT2D eigenvalue weighted by Gasteiger charge is 2.05. The molecule has 0 atom stereocenters. The number of nitrogens with zero attached hydrogens (tertiary/aromatic N) is 3. The summed E-state index contributed by atoms with van der Waals surface area (Å²) in [6.07, 6.45) is 1.35. The molecule has 0 aliphatic heterocycles. The van der Waals surface area contributed by atoms with Crippen LogP contribution < -0.4 is 0 Å².